The monoisotopic (exact) mass is 222 g/mol. The van der Waals surface area contributed by atoms with E-state index < -0.39 is 0 Å². The number of amides is 1. The van der Waals surface area contributed by atoms with E-state index in [1.807, 2.05) is 0 Å². The van der Waals surface area contributed by atoms with Gasteiger partial charge in [-0.05, 0) is 31.6 Å². The number of nitrogens with zero attached hydrogens (tertiary/aromatic N) is 1. The van der Waals surface area contributed by atoms with Gasteiger partial charge in [0.05, 0.1) is 5.92 Å². The van der Waals surface area contributed by atoms with Gasteiger partial charge in [0.2, 0.25) is 5.91 Å². The normalized spacial score (nSPS) is 35.4. The van der Waals surface area contributed by atoms with Crippen molar-refractivity contribution in [2.45, 2.75) is 44.6 Å². The summed E-state index contributed by atoms with van der Waals surface area (Å²) in [4.78, 5) is 14.6. The van der Waals surface area contributed by atoms with Crippen LogP contribution in [0.3, 0.4) is 0 Å². The van der Waals surface area contributed by atoms with Gasteiger partial charge in [-0.15, -0.1) is 0 Å². The molecule has 2 atom stereocenters. The van der Waals surface area contributed by atoms with Gasteiger partial charge in [0, 0.05) is 25.7 Å². The Hall–Kier alpha value is -0.570. The lowest BCUT2D eigenvalue weighted by Gasteiger charge is -2.46. The Morgan fingerprint density at radius 1 is 1.06 bits per heavy atom. The predicted octanol–water partition coefficient (Wildman–Crippen LogP) is 1.39. The summed E-state index contributed by atoms with van der Waals surface area (Å²) in [5.41, 5.74) is 0. The van der Waals surface area contributed by atoms with E-state index in [0.717, 1.165) is 25.6 Å². The molecule has 1 N–H and O–H groups in total. The van der Waals surface area contributed by atoms with Crippen molar-refractivity contribution in [3.8, 4) is 0 Å². The van der Waals surface area contributed by atoms with Gasteiger partial charge in [-0.3, -0.25) is 4.79 Å². The summed E-state index contributed by atoms with van der Waals surface area (Å²) in [6, 6.07) is 0.593. The van der Waals surface area contributed by atoms with E-state index in [4.69, 9.17) is 0 Å². The molecule has 16 heavy (non-hydrogen) atoms. The van der Waals surface area contributed by atoms with Crippen LogP contribution in [-0.2, 0) is 4.79 Å². The molecule has 2 aliphatic heterocycles. The largest absolute Gasteiger partial charge is 0.339 e. The van der Waals surface area contributed by atoms with Gasteiger partial charge >= 0.3 is 0 Å². The maximum absolute atomic E-state index is 12.3. The maximum atomic E-state index is 12.3. The summed E-state index contributed by atoms with van der Waals surface area (Å²) in [5, 5.41) is 3.21. The lowest BCUT2D eigenvalue weighted by atomic mass is 9.78. The highest BCUT2D eigenvalue weighted by Gasteiger charge is 2.39. The number of carbonyl (C=O) groups is 1. The van der Waals surface area contributed by atoms with Gasteiger partial charge in [-0.25, -0.2) is 0 Å². The van der Waals surface area contributed by atoms with Crippen LogP contribution in [0.2, 0.25) is 0 Å². The third kappa shape index (κ3) is 1.75. The quantitative estimate of drug-likeness (QED) is 0.727. The van der Waals surface area contributed by atoms with Crippen molar-refractivity contribution in [2.75, 3.05) is 19.6 Å². The number of carbonyl (C=O) groups excluding carboxylic acids is 1. The van der Waals surface area contributed by atoms with Gasteiger partial charge in [-0.1, -0.05) is 12.8 Å². The molecule has 90 valence electrons. The van der Waals surface area contributed by atoms with Crippen LogP contribution in [0, 0.1) is 11.8 Å². The molecular weight excluding hydrogens is 200 g/mol. The second-order valence-electron chi connectivity index (χ2n) is 5.64. The number of rotatable bonds is 1. The Morgan fingerprint density at radius 3 is 2.56 bits per heavy atom. The molecule has 3 fully saturated rings. The van der Waals surface area contributed by atoms with Crippen molar-refractivity contribution in [1.29, 1.82) is 0 Å². The maximum Gasteiger partial charge on any atom is 0.228 e. The molecule has 0 unspecified atom stereocenters. The number of hydrogen-bond donors (Lipinski definition) is 1. The number of nitrogens with one attached hydrogen (secondary N) is 1. The average Bonchev–Trinajstić information content (AvgIpc) is 2.26. The van der Waals surface area contributed by atoms with Crippen molar-refractivity contribution in [1.82, 2.24) is 10.2 Å². The lowest BCUT2D eigenvalue weighted by molar-refractivity contribution is -0.143. The zero-order valence-electron chi connectivity index (χ0n) is 9.95. The topological polar surface area (TPSA) is 32.3 Å². The van der Waals surface area contributed by atoms with Gasteiger partial charge in [0.25, 0.3) is 0 Å². The summed E-state index contributed by atoms with van der Waals surface area (Å²) >= 11 is 0. The van der Waals surface area contributed by atoms with Crippen LogP contribution < -0.4 is 5.32 Å². The van der Waals surface area contributed by atoms with Crippen LogP contribution in [0.1, 0.15) is 38.5 Å². The third-order valence-corrected chi connectivity index (χ3v) is 4.66. The number of piperidine rings is 1. The summed E-state index contributed by atoms with van der Waals surface area (Å²) < 4.78 is 0. The first kappa shape index (κ1) is 10.6. The van der Waals surface area contributed by atoms with Gasteiger partial charge in [-0.2, -0.15) is 0 Å². The van der Waals surface area contributed by atoms with E-state index >= 15 is 0 Å². The molecule has 0 radical (unpaired) electrons. The average molecular weight is 222 g/mol. The minimum absolute atomic E-state index is 0.292. The van der Waals surface area contributed by atoms with Crippen LogP contribution in [0.4, 0.5) is 0 Å². The summed E-state index contributed by atoms with van der Waals surface area (Å²) in [7, 11) is 0. The molecule has 0 aromatic rings. The van der Waals surface area contributed by atoms with E-state index in [-0.39, 0.29) is 0 Å². The molecule has 0 spiro atoms. The second kappa shape index (κ2) is 4.36. The fourth-order valence-electron chi connectivity index (χ4n) is 3.60. The Balaban J connectivity index is 1.69. The minimum Gasteiger partial charge on any atom is -0.339 e. The van der Waals surface area contributed by atoms with E-state index in [0.29, 0.717) is 17.9 Å². The standard InChI is InChI=1S/C13H22N2O/c16-13(11-8-14-9-11)15-7-3-5-10-4-1-2-6-12(10)15/h10-12,14H,1-9H2/t10-,12-/m1/s1. The van der Waals surface area contributed by atoms with Crippen molar-refractivity contribution >= 4 is 5.91 Å². The van der Waals surface area contributed by atoms with E-state index in [2.05, 4.69) is 10.2 Å². The highest BCUT2D eigenvalue weighted by atomic mass is 16.2. The molecule has 2 saturated heterocycles. The first-order chi connectivity index (χ1) is 7.86. The van der Waals surface area contributed by atoms with Crippen molar-refractivity contribution in [3.05, 3.63) is 0 Å². The molecule has 3 aliphatic rings. The highest BCUT2D eigenvalue weighted by Crippen LogP contribution is 2.36. The van der Waals surface area contributed by atoms with Crippen LogP contribution in [0.25, 0.3) is 0 Å². The van der Waals surface area contributed by atoms with Crippen LogP contribution in [0.5, 0.6) is 0 Å². The molecule has 3 nitrogen and oxygen atoms in total. The molecule has 2 heterocycles. The van der Waals surface area contributed by atoms with Gasteiger partial charge in [0.1, 0.15) is 0 Å². The molecule has 3 heteroatoms. The minimum atomic E-state index is 0.292. The number of hydrogen-bond acceptors (Lipinski definition) is 2. The summed E-state index contributed by atoms with van der Waals surface area (Å²) in [6.45, 7) is 2.84. The SMILES string of the molecule is O=C(C1CNC1)N1CCC[C@H]2CCCC[C@H]21. The molecule has 3 rings (SSSR count). The fourth-order valence-corrected chi connectivity index (χ4v) is 3.60. The molecular formula is C13H22N2O. The molecule has 1 saturated carbocycles. The first-order valence-electron chi connectivity index (χ1n) is 6.87. The van der Waals surface area contributed by atoms with Crippen molar-refractivity contribution < 1.29 is 4.79 Å². The number of likely N-dealkylation sites (tertiary alicyclic amines) is 1. The van der Waals surface area contributed by atoms with E-state index in [9.17, 15) is 4.79 Å². The lowest BCUT2D eigenvalue weighted by Crippen LogP contribution is -2.57. The Bertz CT molecular complexity index is 273. The van der Waals surface area contributed by atoms with Crippen LogP contribution >= 0.6 is 0 Å². The smallest absolute Gasteiger partial charge is 0.228 e. The molecule has 0 aromatic heterocycles. The summed E-state index contributed by atoms with van der Waals surface area (Å²) in [6.07, 6.45) is 7.92. The van der Waals surface area contributed by atoms with E-state index in [1.54, 1.807) is 0 Å². The summed E-state index contributed by atoms with van der Waals surface area (Å²) in [5.74, 6) is 1.55. The third-order valence-electron chi connectivity index (χ3n) is 4.66. The van der Waals surface area contributed by atoms with Crippen molar-refractivity contribution in [3.63, 3.8) is 0 Å². The Labute approximate surface area is 97.6 Å². The highest BCUT2D eigenvalue weighted by molar-refractivity contribution is 5.80. The van der Waals surface area contributed by atoms with Gasteiger partial charge in [0.15, 0.2) is 0 Å². The molecule has 0 aromatic carbocycles. The predicted molar refractivity (Wildman–Crippen MR) is 63.1 cm³/mol. The molecule has 0 bridgehead atoms. The van der Waals surface area contributed by atoms with Crippen molar-refractivity contribution in [2.24, 2.45) is 11.8 Å². The first-order valence-corrected chi connectivity index (χ1v) is 6.87. The zero-order chi connectivity index (χ0) is 11.0. The molecule has 1 amide bonds. The van der Waals surface area contributed by atoms with E-state index in [1.165, 1.54) is 38.5 Å². The van der Waals surface area contributed by atoms with Crippen LogP contribution in [-0.4, -0.2) is 36.5 Å². The molecule has 1 aliphatic carbocycles. The van der Waals surface area contributed by atoms with Crippen LogP contribution in [0.15, 0.2) is 0 Å². The second-order valence-corrected chi connectivity index (χ2v) is 5.64. The Kier molecular flexibility index (Phi) is 2.88. The fraction of sp³-hybridized carbons (Fsp3) is 0.923. The van der Waals surface area contributed by atoms with Gasteiger partial charge < -0.3 is 10.2 Å². The number of fused-ring (bicyclic) bond motifs is 1. The zero-order valence-corrected chi connectivity index (χ0v) is 9.95. The Morgan fingerprint density at radius 2 is 1.81 bits per heavy atom.